The molecule has 20 heavy (non-hydrogen) atoms. The lowest BCUT2D eigenvalue weighted by Gasteiger charge is -2.08. The van der Waals surface area contributed by atoms with Gasteiger partial charge in [0.1, 0.15) is 0 Å². The standard InChI is InChI=1S/C13H15N3O3S/c1-9(17)14-6-7-16-11-5-3-2-4-10(11)15-13(16)20-8-12(18)19/h2-5H,6-8H2,1H3,(H,14,17)(H,18,19). The maximum Gasteiger partial charge on any atom is 0.313 e. The fourth-order valence-corrected chi connectivity index (χ4v) is 2.61. The van der Waals surface area contributed by atoms with Crippen LogP contribution >= 0.6 is 11.8 Å². The lowest BCUT2D eigenvalue weighted by molar-refractivity contribution is -0.133. The molecule has 0 fully saturated rings. The van der Waals surface area contributed by atoms with Crippen molar-refractivity contribution in [2.24, 2.45) is 0 Å². The molecule has 0 atom stereocenters. The number of fused-ring (bicyclic) bond motifs is 1. The number of benzene rings is 1. The van der Waals surface area contributed by atoms with Crippen LogP contribution < -0.4 is 5.32 Å². The quantitative estimate of drug-likeness (QED) is 0.785. The predicted molar refractivity (Wildman–Crippen MR) is 76.8 cm³/mol. The number of hydrogen-bond acceptors (Lipinski definition) is 4. The molecule has 2 aromatic rings. The van der Waals surface area contributed by atoms with Crippen molar-refractivity contribution in [2.75, 3.05) is 12.3 Å². The molecule has 106 valence electrons. The van der Waals surface area contributed by atoms with E-state index in [4.69, 9.17) is 5.11 Å². The number of aromatic nitrogens is 2. The maximum atomic E-state index is 10.9. The van der Waals surface area contributed by atoms with E-state index < -0.39 is 5.97 Å². The molecule has 1 heterocycles. The van der Waals surface area contributed by atoms with Crippen molar-refractivity contribution in [1.29, 1.82) is 0 Å². The van der Waals surface area contributed by atoms with E-state index in [0.717, 1.165) is 11.0 Å². The van der Waals surface area contributed by atoms with Gasteiger partial charge in [0.2, 0.25) is 5.91 Å². The Morgan fingerprint density at radius 1 is 1.40 bits per heavy atom. The molecule has 2 rings (SSSR count). The minimum absolute atomic E-state index is 0.0382. The number of thioether (sulfide) groups is 1. The Bertz CT molecular complexity index is 639. The molecular weight excluding hydrogens is 278 g/mol. The molecule has 1 amide bonds. The number of rotatable bonds is 6. The van der Waals surface area contributed by atoms with E-state index in [2.05, 4.69) is 10.3 Å². The largest absolute Gasteiger partial charge is 0.481 e. The van der Waals surface area contributed by atoms with Gasteiger partial charge in [-0.2, -0.15) is 0 Å². The minimum Gasteiger partial charge on any atom is -0.481 e. The summed E-state index contributed by atoms with van der Waals surface area (Å²) in [5, 5.41) is 12.2. The SMILES string of the molecule is CC(=O)NCCn1c(SCC(=O)O)nc2ccccc21. The number of carbonyl (C=O) groups is 2. The second-order valence-corrected chi connectivity index (χ2v) is 5.14. The first-order valence-corrected chi connectivity index (χ1v) is 7.11. The third-order valence-electron chi connectivity index (χ3n) is 2.65. The molecule has 1 aromatic carbocycles. The zero-order valence-electron chi connectivity index (χ0n) is 11.0. The summed E-state index contributed by atoms with van der Waals surface area (Å²) in [6.07, 6.45) is 0. The highest BCUT2D eigenvalue weighted by molar-refractivity contribution is 7.99. The van der Waals surface area contributed by atoms with Crippen LogP contribution in [-0.2, 0) is 16.1 Å². The zero-order chi connectivity index (χ0) is 14.5. The number of imidazole rings is 1. The first-order chi connectivity index (χ1) is 9.58. The van der Waals surface area contributed by atoms with Crippen LogP contribution in [0, 0.1) is 0 Å². The van der Waals surface area contributed by atoms with Gasteiger partial charge < -0.3 is 15.0 Å². The Labute approximate surface area is 120 Å². The van der Waals surface area contributed by atoms with Crippen molar-refractivity contribution in [2.45, 2.75) is 18.6 Å². The molecule has 0 saturated heterocycles. The summed E-state index contributed by atoms with van der Waals surface area (Å²) >= 11 is 1.18. The molecule has 0 spiro atoms. The molecule has 0 bridgehead atoms. The Morgan fingerprint density at radius 2 is 2.15 bits per heavy atom. The molecule has 0 aliphatic heterocycles. The van der Waals surface area contributed by atoms with Crippen LogP contribution in [0.2, 0.25) is 0 Å². The van der Waals surface area contributed by atoms with Crippen molar-refractivity contribution < 1.29 is 14.7 Å². The third kappa shape index (κ3) is 3.51. The number of para-hydroxylation sites is 2. The minimum atomic E-state index is -0.879. The number of hydrogen-bond donors (Lipinski definition) is 2. The molecule has 0 saturated carbocycles. The van der Waals surface area contributed by atoms with E-state index in [1.807, 2.05) is 28.8 Å². The molecule has 2 N–H and O–H groups in total. The van der Waals surface area contributed by atoms with Crippen LogP contribution in [0.25, 0.3) is 11.0 Å². The summed E-state index contributed by atoms with van der Waals surface area (Å²) < 4.78 is 1.93. The lowest BCUT2D eigenvalue weighted by Crippen LogP contribution is -2.24. The smallest absolute Gasteiger partial charge is 0.313 e. The van der Waals surface area contributed by atoms with Gasteiger partial charge in [0, 0.05) is 20.0 Å². The summed E-state index contributed by atoms with van der Waals surface area (Å²) in [5.74, 6) is -1.01. The Hall–Kier alpha value is -2.02. The number of nitrogens with one attached hydrogen (secondary N) is 1. The summed E-state index contributed by atoms with van der Waals surface area (Å²) in [7, 11) is 0. The first kappa shape index (κ1) is 14.4. The highest BCUT2D eigenvalue weighted by Crippen LogP contribution is 2.23. The van der Waals surface area contributed by atoms with E-state index in [9.17, 15) is 9.59 Å². The van der Waals surface area contributed by atoms with Crippen molar-refractivity contribution in [3.63, 3.8) is 0 Å². The summed E-state index contributed by atoms with van der Waals surface area (Å²) in [5.41, 5.74) is 1.76. The molecule has 6 nitrogen and oxygen atoms in total. The fourth-order valence-electron chi connectivity index (χ4n) is 1.85. The second-order valence-electron chi connectivity index (χ2n) is 4.20. The molecule has 0 aliphatic rings. The topological polar surface area (TPSA) is 84.2 Å². The fraction of sp³-hybridized carbons (Fsp3) is 0.308. The van der Waals surface area contributed by atoms with E-state index in [1.54, 1.807) is 0 Å². The third-order valence-corrected chi connectivity index (χ3v) is 3.61. The zero-order valence-corrected chi connectivity index (χ0v) is 11.8. The van der Waals surface area contributed by atoms with Gasteiger partial charge in [0.25, 0.3) is 0 Å². The van der Waals surface area contributed by atoms with Gasteiger partial charge in [-0.3, -0.25) is 9.59 Å². The number of carbonyl (C=O) groups excluding carboxylic acids is 1. The number of nitrogens with zero attached hydrogens (tertiary/aromatic N) is 2. The van der Waals surface area contributed by atoms with E-state index in [-0.39, 0.29) is 11.7 Å². The normalized spacial score (nSPS) is 10.7. The predicted octanol–water partition coefficient (Wildman–Crippen LogP) is 1.35. The van der Waals surface area contributed by atoms with Gasteiger partial charge in [-0.05, 0) is 12.1 Å². The van der Waals surface area contributed by atoms with Crippen LogP contribution in [0.3, 0.4) is 0 Å². The summed E-state index contributed by atoms with van der Waals surface area (Å²) in [6, 6.07) is 7.61. The number of carboxylic acid groups (broad SMARTS) is 1. The lowest BCUT2D eigenvalue weighted by atomic mass is 10.3. The van der Waals surface area contributed by atoms with E-state index >= 15 is 0 Å². The Balaban J connectivity index is 2.24. The highest BCUT2D eigenvalue weighted by atomic mass is 32.2. The van der Waals surface area contributed by atoms with Crippen molar-refractivity contribution in [1.82, 2.24) is 14.9 Å². The molecule has 1 aromatic heterocycles. The maximum absolute atomic E-state index is 10.9. The molecule has 0 radical (unpaired) electrons. The average Bonchev–Trinajstić information content (AvgIpc) is 2.74. The van der Waals surface area contributed by atoms with E-state index in [0.29, 0.717) is 18.2 Å². The van der Waals surface area contributed by atoms with E-state index in [1.165, 1.54) is 18.7 Å². The van der Waals surface area contributed by atoms with Crippen LogP contribution in [0.1, 0.15) is 6.92 Å². The van der Waals surface area contributed by atoms with Gasteiger partial charge in [-0.15, -0.1) is 0 Å². The van der Waals surface area contributed by atoms with Crippen LogP contribution in [0.15, 0.2) is 29.4 Å². The van der Waals surface area contributed by atoms with Gasteiger partial charge >= 0.3 is 5.97 Å². The summed E-state index contributed by atoms with van der Waals surface area (Å²) in [6.45, 7) is 2.50. The van der Waals surface area contributed by atoms with Gasteiger partial charge in [-0.1, -0.05) is 23.9 Å². The average molecular weight is 293 g/mol. The molecule has 0 aliphatic carbocycles. The Kier molecular flexibility index (Phi) is 4.62. The number of aliphatic carboxylic acids is 1. The van der Waals surface area contributed by atoms with Crippen molar-refractivity contribution >= 4 is 34.7 Å². The monoisotopic (exact) mass is 293 g/mol. The molecular formula is C13H15N3O3S. The highest BCUT2D eigenvalue weighted by Gasteiger charge is 2.12. The Morgan fingerprint density at radius 3 is 2.85 bits per heavy atom. The molecule has 7 heteroatoms. The number of amides is 1. The van der Waals surface area contributed by atoms with Crippen molar-refractivity contribution in [3.05, 3.63) is 24.3 Å². The van der Waals surface area contributed by atoms with Gasteiger partial charge in [-0.25, -0.2) is 4.98 Å². The van der Waals surface area contributed by atoms with Gasteiger partial charge in [0.15, 0.2) is 5.16 Å². The van der Waals surface area contributed by atoms with Crippen molar-refractivity contribution in [3.8, 4) is 0 Å². The summed E-state index contributed by atoms with van der Waals surface area (Å²) in [4.78, 5) is 26.0. The van der Waals surface area contributed by atoms with Crippen LogP contribution in [0.5, 0.6) is 0 Å². The van der Waals surface area contributed by atoms with Crippen LogP contribution in [0.4, 0.5) is 0 Å². The molecule has 0 unspecified atom stereocenters. The first-order valence-electron chi connectivity index (χ1n) is 6.12. The van der Waals surface area contributed by atoms with Crippen LogP contribution in [-0.4, -0.2) is 38.8 Å². The second kappa shape index (κ2) is 6.42. The number of carboxylic acids is 1. The van der Waals surface area contributed by atoms with Gasteiger partial charge in [0.05, 0.1) is 16.8 Å².